The van der Waals surface area contributed by atoms with E-state index in [-0.39, 0.29) is 0 Å². The van der Waals surface area contributed by atoms with Crippen LogP contribution in [-0.4, -0.2) is 189 Å². The lowest BCUT2D eigenvalue weighted by molar-refractivity contribution is 0.157. The maximum atomic E-state index is 5.14. The molecule has 0 saturated heterocycles. The van der Waals surface area contributed by atoms with Crippen molar-refractivity contribution < 1.29 is 66.3 Å². The topological polar surface area (TPSA) is 129 Å². The van der Waals surface area contributed by atoms with Crippen molar-refractivity contribution in [3.63, 3.8) is 0 Å². The van der Waals surface area contributed by atoms with Crippen LogP contribution in [-0.2, 0) is 66.3 Å². The highest BCUT2D eigenvalue weighted by atomic mass is 16.5. The van der Waals surface area contributed by atoms with Gasteiger partial charge in [-0.1, -0.05) is 158 Å². The summed E-state index contributed by atoms with van der Waals surface area (Å²) >= 11 is 0. The largest absolute Gasteiger partial charge is 0.381 e. The van der Waals surface area contributed by atoms with E-state index in [4.69, 9.17) is 61.6 Å². The van der Waals surface area contributed by atoms with E-state index in [1.165, 1.54) is 27.9 Å². The molecule has 0 aliphatic carbocycles. The van der Waals surface area contributed by atoms with Gasteiger partial charge in [-0.05, 0) is 157 Å². The van der Waals surface area contributed by atoms with E-state index >= 15 is 0 Å². The standard InChI is InChI=1S/2C7H14O.7C6H12O.4C5H10O.C4H8O/c1-6(2)7(3)5-8-4;1-4-5-8-6-7(2)3;1-6(2)4-5-7-3;2*1-4-6(2)5-7-3;1-4-7-5-6(2)3;2*1-3-5-6-7-4-2;1-3-5-7-6-4-2;1-5(2)4-6-3;2*1-3-4-5-6-2;1-3-5-6-4-2;1-3-4-5-2/h5H2,1-4H3;2,4-6H2,1,3H3;3*4H,5H2,1-3H3;2,4-5H2,1,3H3;2*3,5H,4,6H2,1-2H3;3H,1,4-6H2,2H3;1,4H2,2-3H3;2*3-4H,5H2,1-2H3;3H,1,4-5H2,2H3;3H,1,4H2,2H3/b;;;6-4+;6-4-;;5-3+;5-3-;;;4-3+;4-3-;;. The Kier molecular flexibility index (Phi) is 184. The van der Waals surface area contributed by atoms with Gasteiger partial charge in [-0.15, -0.1) is 19.7 Å². The number of methoxy groups -OCH3 is 8. The molecule has 0 aromatic carbocycles. The van der Waals surface area contributed by atoms with Gasteiger partial charge in [0.25, 0.3) is 0 Å². The SMILES string of the molecule is C/C=C(/C)COC.C/C=C(\C)COC.C/C=C/COC.C/C=C/COCC.C/C=C\COC.C/C=C\COCC.C=C(C)COC.C=C(C)COCC.C=C(C)COCCC.C=CCOC.C=CCOCC.C=CCOCCC.COCC(C)=C(C)C.COCC=C(C)C. The summed E-state index contributed by atoms with van der Waals surface area (Å²) in [5.41, 5.74) is 9.80. The highest BCUT2D eigenvalue weighted by molar-refractivity contribution is 5.06. The molecule has 0 fully saturated rings. The summed E-state index contributed by atoms with van der Waals surface area (Å²) in [6.07, 6.45) is 29.3. The Morgan fingerprint density at radius 3 is 0.766 bits per heavy atom. The van der Waals surface area contributed by atoms with Gasteiger partial charge in [-0.3, -0.25) is 0 Å². The lowest BCUT2D eigenvalue weighted by atomic mass is 10.2. The first-order valence-electron chi connectivity index (χ1n) is 32.9. The van der Waals surface area contributed by atoms with Gasteiger partial charge in [0.05, 0.1) is 92.5 Å². The van der Waals surface area contributed by atoms with Crippen molar-refractivity contribution in [2.75, 3.05) is 189 Å². The summed E-state index contributed by atoms with van der Waals surface area (Å²) in [6, 6.07) is 0. The normalized spacial score (nSPS) is 9.64. The van der Waals surface area contributed by atoms with E-state index in [9.17, 15) is 0 Å². The van der Waals surface area contributed by atoms with Crippen molar-refractivity contribution in [3.05, 3.63) is 169 Å². The minimum Gasteiger partial charge on any atom is -0.381 e. The van der Waals surface area contributed by atoms with Crippen LogP contribution in [0, 0.1) is 0 Å². The Hall–Kier alpha value is -4.20. The third kappa shape index (κ3) is 247. The van der Waals surface area contributed by atoms with Gasteiger partial charge < -0.3 is 66.3 Å². The predicted octanol–water partition coefficient (Wildman–Crippen LogP) is 20.8. The molecule has 14 nitrogen and oxygen atoms in total. The third-order valence-corrected chi connectivity index (χ3v) is 8.86. The second-order valence-corrected chi connectivity index (χ2v) is 19.6. The molecule has 0 atom stereocenters. The highest BCUT2D eigenvalue weighted by Gasteiger charge is 1.88. The van der Waals surface area contributed by atoms with Crippen LogP contribution < -0.4 is 0 Å². The Morgan fingerprint density at radius 1 is 0.309 bits per heavy atom. The minimum absolute atomic E-state index is 0.653. The molecule has 0 amide bonds. The number of hydrogen-bond donors (Lipinski definition) is 0. The molecular formula is C80H160O14. The van der Waals surface area contributed by atoms with Crippen molar-refractivity contribution in [1.82, 2.24) is 0 Å². The molecule has 0 aliphatic heterocycles. The Morgan fingerprint density at radius 2 is 0.606 bits per heavy atom. The molecule has 564 valence electrons. The van der Waals surface area contributed by atoms with Gasteiger partial charge in [0.15, 0.2) is 0 Å². The van der Waals surface area contributed by atoms with E-state index in [2.05, 4.69) is 92.7 Å². The molecular weight excluding hydrogens is 1180 g/mol. The van der Waals surface area contributed by atoms with Crippen LogP contribution in [0.15, 0.2) is 169 Å². The fraction of sp³-hybridized carbons (Fsp3) is 0.650. The van der Waals surface area contributed by atoms with E-state index < -0.39 is 0 Å². The number of rotatable bonds is 36. The van der Waals surface area contributed by atoms with E-state index in [0.29, 0.717) is 39.6 Å². The van der Waals surface area contributed by atoms with Crippen molar-refractivity contribution in [2.24, 2.45) is 0 Å². The fourth-order valence-corrected chi connectivity index (χ4v) is 3.73. The quantitative estimate of drug-likeness (QED) is 0.0436. The average Bonchev–Trinajstić information content (AvgIpc) is 3.68. The highest BCUT2D eigenvalue weighted by Crippen LogP contribution is 2.00. The molecule has 0 heterocycles. The van der Waals surface area contributed by atoms with Crippen LogP contribution in [0.5, 0.6) is 0 Å². The molecule has 0 saturated carbocycles. The summed E-state index contributed by atoms with van der Waals surface area (Å²) in [6.45, 7) is 80.8. The zero-order valence-corrected chi connectivity index (χ0v) is 67.6. The number of hydrogen-bond acceptors (Lipinski definition) is 14. The Bertz CT molecular complexity index is 1560. The number of allylic oxidation sites excluding steroid dienone is 8. The molecule has 0 radical (unpaired) electrons. The first-order chi connectivity index (χ1) is 44.8. The zero-order valence-electron chi connectivity index (χ0n) is 67.6. The van der Waals surface area contributed by atoms with Gasteiger partial charge in [-0.2, -0.15) is 0 Å². The Balaban J connectivity index is -0.0000000612. The average molecular weight is 1350 g/mol. The summed E-state index contributed by atoms with van der Waals surface area (Å²) in [5.74, 6) is 0. The molecule has 0 bridgehead atoms. The van der Waals surface area contributed by atoms with E-state index in [1.807, 2.05) is 171 Å². The molecule has 0 unspecified atom stereocenters. The van der Waals surface area contributed by atoms with Crippen molar-refractivity contribution in [1.29, 1.82) is 0 Å². The molecule has 94 heavy (non-hydrogen) atoms. The van der Waals surface area contributed by atoms with E-state index in [1.54, 1.807) is 75.1 Å². The van der Waals surface area contributed by atoms with Crippen LogP contribution in [0.2, 0.25) is 0 Å². The number of ether oxygens (including phenoxy) is 14. The summed E-state index contributed by atoms with van der Waals surface area (Å²) < 4.78 is 68.0. The molecule has 0 aromatic heterocycles. The van der Waals surface area contributed by atoms with E-state index in [0.717, 1.165) is 122 Å². The fourth-order valence-electron chi connectivity index (χ4n) is 3.73. The molecule has 14 heteroatoms. The lowest BCUT2D eigenvalue weighted by Gasteiger charge is -1.99. The second-order valence-electron chi connectivity index (χ2n) is 19.6. The van der Waals surface area contributed by atoms with Crippen LogP contribution in [0.1, 0.15) is 165 Å². The maximum absolute atomic E-state index is 5.14. The Labute approximate surface area is 587 Å². The molecule has 0 N–H and O–H groups in total. The van der Waals surface area contributed by atoms with Crippen LogP contribution >= 0.6 is 0 Å². The molecule has 0 rings (SSSR count). The van der Waals surface area contributed by atoms with Gasteiger partial charge in [0.2, 0.25) is 0 Å². The van der Waals surface area contributed by atoms with Crippen LogP contribution in [0.25, 0.3) is 0 Å². The summed E-state index contributed by atoms with van der Waals surface area (Å²) in [7, 11) is 13.5. The lowest BCUT2D eigenvalue weighted by Crippen LogP contribution is -1.94. The zero-order chi connectivity index (χ0) is 76.0. The van der Waals surface area contributed by atoms with Gasteiger partial charge in [-0.25, -0.2) is 0 Å². The van der Waals surface area contributed by atoms with Crippen molar-refractivity contribution >= 4 is 0 Å². The van der Waals surface area contributed by atoms with Gasteiger partial charge >= 0.3 is 0 Å². The smallest absolute Gasteiger partial charge is 0.0672 e. The second kappa shape index (κ2) is 141. The first kappa shape index (κ1) is 123. The van der Waals surface area contributed by atoms with Gasteiger partial charge in [0, 0.05) is 96.5 Å². The minimum atomic E-state index is 0.653. The molecule has 0 aromatic rings. The monoisotopic (exact) mass is 1350 g/mol. The predicted molar refractivity (Wildman–Crippen MR) is 420 cm³/mol. The van der Waals surface area contributed by atoms with Gasteiger partial charge in [0.1, 0.15) is 0 Å². The first-order valence-corrected chi connectivity index (χ1v) is 32.9. The van der Waals surface area contributed by atoms with Crippen LogP contribution in [0.4, 0.5) is 0 Å². The van der Waals surface area contributed by atoms with Crippen molar-refractivity contribution in [2.45, 2.75) is 165 Å². The third-order valence-electron chi connectivity index (χ3n) is 8.86. The van der Waals surface area contributed by atoms with Crippen LogP contribution in [0.3, 0.4) is 0 Å². The molecule has 0 aliphatic rings. The summed E-state index contributed by atoms with van der Waals surface area (Å²) in [4.78, 5) is 0. The molecule has 0 spiro atoms. The van der Waals surface area contributed by atoms with Crippen molar-refractivity contribution in [3.8, 4) is 0 Å². The summed E-state index contributed by atoms with van der Waals surface area (Å²) in [5, 5.41) is 0. The maximum Gasteiger partial charge on any atom is 0.0672 e.